The molecule has 0 saturated heterocycles. The summed E-state index contributed by atoms with van der Waals surface area (Å²) in [6, 6.07) is 8.56. The van der Waals surface area contributed by atoms with Crippen LogP contribution in [0, 0.1) is 0 Å². The first-order chi connectivity index (χ1) is 8.97. The Morgan fingerprint density at radius 2 is 1.84 bits per heavy atom. The molecular weight excluding hydrogens is 376 g/mol. The van der Waals surface area contributed by atoms with Crippen LogP contribution in [0.25, 0.3) is 0 Å². The van der Waals surface area contributed by atoms with Crippen LogP contribution in [-0.4, -0.2) is 10.5 Å². The van der Waals surface area contributed by atoms with E-state index in [4.69, 9.17) is 5.73 Å². The summed E-state index contributed by atoms with van der Waals surface area (Å²) in [5, 5.41) is 0. The number of halogens is 2. The first-order valence-corrected chi connectivity index (χ1v) is 7.00. The van der Waals surface area contributed by atoms with E-state index in [1.54, 1.807) is 41.1 Å². The Hall–Kier alpha value is -1.40. The highest BCUT2D eigenvalue weighted by atomic mass is 79.9. The van der Waals surface area contributed by atoms with E-state index < -0.39 is 5.91 Å². The molecule has 2 N–H and O–H groups in total. The van der Waals surface area contributed by atoms with Crippen molar-refractivity contribution in [1.82, 2.24) is 4.57 Å². The smallest absolute Gasteiger partial charge is 0.265 e. The Kier molecular flexibility index (Phi) is 4.21. The molecule has 1 amide bonds. The lowest BCUT2D eigenvalue weighted by atomic mass is 10.1. The Bertz CT molecular complexity index is 678. The first kappa shape index (κ1) is 14.0. The number of hydrogen-bond donors (Lipinski definition) is 1. The van der Waals surface area contributed by atoms with Crippen LogP contribution in [0.4, 0.5) is 0 Å². The van der Waals surface area contributed by atoms with Crippen molar-refractivity contribution in [3.63, 3.8) is 0 Å². The molecule has 1 heterocycles. The maximum absolute atomic E-state index is 11.9. The molecule has 0 spiro atoms. The van der Waals surface area contributed by atoms with Crippen LogP contribution >= 0.6 is 31.9 Å². The number of benzene rings is 1. The summed E-state index contributed by atoms with van der Waals surface area (Å²) in [5.41, 5.74) is 6.43. The van der Waals surface area contributed by atoms with E-state index in [2.05, 4.69) is 31.9 Å². The molecule has 19 heavy (non-hydrogen) atoms. The molecular formula is C13H10Br2N2O2. The first-order valence-electron chi connectivity index (χ1n) is 5.41. The highest BCUT2D eigenvalue weighted by molar-refractivity contribution is 9.11. The van der Waals surface area contributed by atoms with Crippen molar-refractivity contribution < 1.29 is 4.79 Å². The monoisotopic (exact) mass is 384 g/mol. The third-order valence-corrected chi connectivity index (χ3v) is 3.60. The van der Waals surface area contributed by atoms with Gasteiger partial charge in [0.15, 0.2) is 0 Å². The van der Waals surface area contributed by atoms with Crippen molar-refractivity contribution >= 4 is 37.8 Å². The summed E-state index contributed by atoms with van der Waals surface area (Å²) in [4.78, 5) is 22.9. The molecule has 1 aromatic carbocycles. The zero-order valence-corrected chi connectivity index (χ0v) is 12.9. The maximum Gasteiger partial charge on any atom is 0.265 e. The minimum atomic E-state index is -0.464. The van der Waals surface area contributed by atoms with Crippen LogP contribution < -0.4 is 11.3 Å². The molecule has 1 aromatic heterocycles. The van der Waals surface area contributed by atoms with Gasteiger partial charge in [-0.3, -0.25) is 9.59 Å². The molecule has 0 fully saturated rings. The van der Waals surface area contributed by atoms with E-state index in [1.807, 2.05) is 0 Å². The molecule has 2 rings (SSSR count). The van der Waals surface area contributed by atoms with Crippen LogP contribution in [0.3, 0.4) is 0 Å². The van der Waals surface area contributed by atoms with Gasteiger partial charge in [0.25, 0.3) is 5.56 Å². The van der Waals surface area contributed by atoms with Crippen LogP contribution in [0.15, 0.2) is 50.3 Å². The number of carbonyl (C=O) groups excluding carboxylic acids is 1. The standard InChI is InChI=1S/C13H10Br2N2O2/c14-10-5-11(15)13(19)17(7-10)6-8-1-3-9(4-2-8)12(16)18/h1-5,7H,6H2,(H2,16,18). The maximum atomic E-state index is 11.9. The minimum absolute atomic E-state index is 0.109. The molecule has 0 bridgehead atoms. The van der Waals surface area contributed by atoms with Crippen molar-refractivity contribution in [3.8, 4) is 0 Å². The molecule has 0 aliphatic carbocycles. The Morgan fingerprint density at radius 3 is 2.42 bits per heavy atom. The lowest BCUT2D eigenvalue weighted by Crippen LogP contribution is -2.20. The summed E-state index contributed by atoms with van der Waals surface area (Å²) in [6.07, 6.45) is 1.72. The molecule has 0 saturated carbocycles. The van der Waals surface area contributed by atoms with Crippen molar-refractivity contribution in [2.75, 3.05) is 0 Å². The van der Waals surface area contributed by atoms with Gasteiger partial charge in [-0.15, -0.1) is 0 Å². The van der Waals surface area contributed by atoms with E-state index in [-0.39, 0.29) is 5.56 Å². The normalized spacial score (nSPS) is 10.4. The lowest BCUT2D eigenvalue weighted by Gasteiger charge is -2.07. The molecule has 6 heteroatoms. The summed E-state index contributed by atoms with van der Waals surface area (Å²) in [5.74, 6) is -0.464. The van der Waals surface area contributed by atoms with Gasteiger partial charge in [-0.1, -0.05) is 12.1 Å². The van der Waals surface area contributed by atoms with E-state index in [1.165, 1.54) is 0 Å². The molecule has 0 radical (unpaired) electrons. The van der Waals surface area contributed by atoms with Crippen molar-refractivity contribution in [1.29, 1.82) is 0 Å². The second-order valence-electron chi connectivity index (χ2n) is 4.00. The topological polar surface area (TPSA) is 65.1 Å². The van der Waals surface area contributed by atoms with Gasteiger partial charge >= 0.3 is 0 Å². The zero-order valence-electron chi connectivity index (χ0n) is 9.77. The van der Waals surface area contributed by atoms with Gasteiger partial charge in [-0.2, -0.15) is 0 Å². The summed E-state index contributed by atoms with van der Waals surface area (Å²) in [6.45, 7) is 0.427. The van der Waals surface area contributed by atoms with Gasteiger partial charge in [0.05, 0.1) is 11.0 Å². The summed E-state index contributed by atoms with van der Waals surface area (Å²) >= 11 is 6.56. The molecule has 4 nitrogen and oxygen atoms in total. The Morgan fingerprint density at radius 1 is 1.21 bits per heavy atom. The van der Waals surface area contributed by atoms with Gasteiger partial charge < -0.3 is 10.3 Å². The van der Waals surface area contributed by atoms with Crippen LogP contribution in [0.2, 0.25) is 0 Å². The molecule has 0 aliphatic rings. The Balaban J connectivity index is 2.31. The highest BCUT2D eigenvalue weighted by Gasteiger charge is 2.05. The second-order valence-corrected chi connectivity index (χ2v) is 5.77. The van der Waals surface area contributed by atoms with E-state index in [9.17, 15) is 9.59 Å². The number of pyridine rings is 1. The lowest BCUT2D eigenvalue weighted by molar-refractivity contribution is 0.100. The van der Waals surface area contributed by atoms with Gasteiger partial charge in [-0.05, 0) is 55.6 Å². The molecule has 0 unspecified atom stereocenters. The van der Waals surface area contributed by atoms with Gasteiger partial charge in [0, 0.05) is 16.2 Å². The third kappa shape index (κ3) is 3.33. The number of carbonyl (C=O) groups is 1. The van der Waals surface area contributed by atoms with Crippen molar-refractivity contribution in [2.45, 2.75) is 6.54 Å². The molecule has 0 aliphatic heterocycles. The van der Waals surface area contributed by atoms with E-state index >= 15 is 0 Å². The largest absolute Gasteiger partial charge is 0.366 e. The number of amides is 1. The van der Waals surface area contributed by atoms with Crippen molar-refractivity contribution in [3.05, 3.63) is 67.0 Å². The average molecular weight is 386 g/mol. The van der Waals surface area contributed by atoms with E-state index in [0.717, 1.165) is 10.0 Å². The van der Waals surface area contributed by atoms with Crippen LogP contribution in [0.5, 0.6) is 0 Å². The van der Waals surface area contributed by atoms with Gasteiger partial charge in [-0.25, -0.2) is 0 Å². The van der Waals surface area contributed by atoms with E-state index in [0.29, 0.717) is 16.6 Å². The fraction of sp³-hybridized carbons (Fsp3) is 0.0769. The number of aromatic nitrogens is 1. The molecule has 0 atom stereocenters. The molecule has 98 valence electrons. The third-order valence-electron chi connectivity index (χ3n) is 2.60. The average Bonchev–Trinajstić information content (AvgIpc) is 2.36. The van der Waals surface area contributed by atoms with Crippen LogP contribution in [-0.2, 0) is 6.54 Å². The minimum Gasteiger partial charge on any atom is -0.366 e. The molecule has 2 aromatic rings. The zero-order chi connectivity index (χ0) is 14.0. The summed E-state index contributed by atoms with van der Waals surface area (Å²) < 4.78 is 2.89. The predicted octanol–water partition coefficient (Wildman–Crippen LogP) is 2.52. The number of primary amides is 1. The number of nitrogens with zero attached hydrogens (tertiary/aromatic N) is 1. The van der Waals surface area contributed by atoms with Gasteiger partial charge in [0.2, 0.25) is 5.91 Å². The fourth-order valence-electron chi connectivity index (χ4n) is 1.65. The fourth-order valence-corrected chi connectivity index (χ4v) is 2.91. The van der Waals surface area contributed by atoms with Crippen molar-refractivity contribution in [2.24, 2.45) is 5.73 Å². The predicted molar refractivity (Wildman–Crippen MR) is 80.2 cm³/mol. The van der Waals surface area contributed by atoms with Gasteiger partial charge in [0.1, 0.15) is 0 Å². The summed E-state index contributed by atoms with van der Waals surface area (Å²) in [7, 11) is 0. The number of nitrogens with two attached hydrogens (primary N) is 1. The number of hydrogen-bond acceptors (Lipinski definition) is 2. The Labute approximate surface area is 126 Å². The van der Waals surface area contributed by atoms with Crippen LogP contribution in [0.1, 0.15) is 15.9 Å². The number of rotatable bonds is 3. The quantitative estimate of drug-likeness (QED) is 0.882. The highest BCUT2D eigenvalue weighted by Crippen LogP contribution is 2.14. The SMILES string of the molecule is NC(=O)c1ccc(Cn2cc(Br)cc(Br)c2=O)cc1. The second kappa shape index (κ2) is 5.71.